The number of halogens is 1. The van der Waals surface area contributed by atoms with Crippen LogP contribution in [0.3, 0.4) is 0 Å². The zero-order valence-electron chi connectivity index (χ0n) is 12.6. The minimum absolute atomic E-state index is 0.690. The molecule has 1 aromatic carbocycles. The summed E-state index contributed by atoms with van der Waals surface area (Å²) in [6.07, 6.45) is 11.1. The van der Waals surface area contributed by atoms with E-state index in [4.69, 9.17) is 0 Å². The molecule has 0 aromatic heterocycles. The number of aryl methyl sites for hydroxylation is 1. The van der Waals surface area contributed by atoms with Gasteiger partial charge in [0.05, 0.1) is 0 Å². The molecule has 0 amide bonds. The van der Waals surface area contributed by atoms with Crippen LogP contribution in [0.15, 0.2) is 24.3 Å². The topological polar surface area (TPSA) is 0 Å². The van der Waals surface area contributed by atoms with Gasteiger partial charge in [-0.1, -0.05) is 97.6 Å². The molecule has 1 atom stereocenters. The van der Waals surface area contributed by atoms with Gasteiger partial charge in [0, 0.05) is 5.33 Å². The molecule has 1 aromatic rings. The number of rotatable bonds is 10. The minimum atomic E-state index is 0.690. The van der Waals surface area contributed by atoms with Crippen molar-refractivity contribution in [2.45, 2.75) is 71.1 Å². The van der Waals surface area contributed by atoms with Crippen molar-refractivity contribution in [2.24, 2.45) is 0 Å². The van der Waals surface area contributed by atoms with Crippen molar-refractivity contribution >= 4 is 15.9 Å². The molecule has 0 bridgehead atoms. The van der Waals surface area contributed by atoms with Crippen molar-refractivity contribution in [1.82, 2.24) is 0 Å². The molecule has 19 heavy (non-hydrogen) atoms. The van der Waals surface area contributed by atoms with E-state index in [1.54, 1.807) is 0 Å². The van der Waals surface area contributed by atoms with Crippen LogP contribution in [-0.4, -0.2) is 5.33 Å². The molecule has 0 radical (unpaired) electrons. The average Bonchev–Trinajstić information content (AvgIpc) is 2.42. The summed E-state index contributed by atoms with van der Waals surface area (Å²) in [5.74, 6) is 0.690. The first-order chi connectivity index (χ1) is 9.27. The van der Waals surface area contributed by atoms with Gasteiger partial charge in [0.1, 0.15) is 0 Å². The quantitative estimate of drug-likeness (QED) is 0.335. The monoisotopic (exact) mass is 324 g/mol. The molecule has 1 unspecified atom stereocenters. The summed E-state index contributed by atoms with van der Waals surface area (Å²) in [6.45, 7) is 4.46. The fourth-order valence-electron chi connectivity index (χ4n) is 2.60. The van der Waals surface area contributed by atoms with E-state index in [0.717, 1.165) is 5.33 Å². The first kappa shape index (κ1) is 16.8. The van der Waals surface area contributed by atoms with Crippen LogP contribution >= 0.6 is 15.9 Å². The molecule has 0 heterocycles. The summed E-state index contributed by atoms with van der Waals surface area (Å²) in [5.41, 5.74) is 2.88. The Balaban J connectivity index is 2.22. The number of alkyl halides is 1. The zero-order valence-corrected chi connectivity index (χ0v) is 14.2. The summed E-state index contributed by atoms with van der Waals surface area (Å²) < 4.78 is 0. The first-order valence-corrected chi connectivity index (χ1v) is 9.02. The van der Waals surface area contributed by atoms with Gasteiger partial charge in [-0.2, -0.15) is 0 Å². The fourth-order valence-corrected chi connectivity index (χ4v) is 3.30. The zero-order chi connectivity index (χ0) is 13.9. The SMILES string of the molecule is CCCCCCCCCC(CBr)c1cccc(C)c1. The van der Waals surface area contributed by atoms with Crippen molar-refractivity contribution < 1.29 is 0 Å². The minimum Gasteiger partial charge on any atom is -0.0921 e. The van der Waals surface area contributed by atoms with Crippen molar-refractivity contribution in [3.8, 4) is 0 Å². The second kappa shape index (κ2) is 10.5. The van der Waals surface area contributed by atoms with E-state index >= 15 is 0 Å². The number of unbranched alkanes of at least 4 members (excludes halogenated alkanes) is 6. The highest BCUT2D eigenvalue weighted by atomic mass is 79.9. The lowest BCUT2D eigenvalue weighted by Gasteiger charge is -2.15. The highest BCUT2D eigenvalue weighted by Crippen LogP contribution is 2.25. The van der Waals surface area contributed by atoms with Gasteiger partial charge in [0.15, 0.2) is 0 Å². The van der Waals surface area contributed by atoms with E-state index in [9.17, 15) is 0 Å². The second-order valence-corrected chi connectivity index (χ2v) is 6.32. The lowest BCUT2D eigenvalue weighted by molar-refractivity contribution is 0.552. The molecular formula is C18H29Br. The molecule has 1 rings (SSSR count). The Hall–Kier alpha value is -0.300. The van der Waals surface area contributed by atoms with Gasteiger partial charge in [0.25, 0.3) is 0 Å². The lowest BCUT2D eigenvalue weighted by Crippen LogP contribution is -2.00. The lowest BCUT2D eigenvalue weighted by atomic mass is 9.93. The summed E-state index contributed by atoms with van der Waals surface area (Å²) in [7, 11) is 0. The van der Waals surface area contributed by atoms with Crippen molar-refractivity contribution in [3.63, 3.8) is 0 Å². The van der Waals surface area contributed by atoms with Gasteiger partial charge in [-0.15, -0.1) is 0 Å². The van der Waals surface area contributed by atoms with E-state index < -0.39 is 0 Å². The smallest absolute Gasteiger partial charge is 0.0100 e. The van der Waals surface area contributed by atoms with Gasteiger partial charge < -0.3 is 0 Å². The molecule has 0 aliphatic rings. The Morgan fingerprint density at radius 3 is 2.32 bits per heavy atom. The van der Waals surface area contributed by atoms with Gasteiger partial charge in [-0.25, -0.2) is 0 Å². The molecule has 0 fully saturated rings. The Kier molecular flexibility index (Phi) is 9.24. The van der Waals surface area contributed by atoms with Gasteiger partial charge >= 0.3 is 0 Å². The van der Waals surface area contributed by atoms with Crippen molar-refractivity contribution in [1.29, 1.82) is 0 Å². The van der Waals surface area contributed by atoms with Crippen LogP contribution in [0.2, 0.25) is 0 Å². The van der Waals surface area contributed by atoms with Crippen LogP contribution in [0.4, 0.5) is 0 Å². The number of hydrogen-bond donors (Lipinski definition) is 0. The fraction of sp³-hybridized carbons (Fsp3) is 0.667. The molecular weight excluding hydrogens is 296 g/mol. The Labute approximate surface area is 128 Å². The predicted molar refractivity (Wildman–Crippen MR) is 90.3 cm³/mol. The van der Waals surface area contributed by atoms with E-state index in [1.165, 1.54) is 62.5 Å². The van der Waals surface area contributed by atoms with Crippen LogP contribution in [0.25, 0.3) is 0 Å². The summed E-state index contributed by atoms with van der Waals surface area (Å²) >= 11 is 3.68. The van der Waals surface area contributed by atoms with Crippen molar-refractivity contribution in [2.75, 3.05) is 5.33 Å². The van der Waals surface area contributed by atoms with Crippen LogP contribution < -0.4 is 0 Å². The largest absolute Gasteiger partial charge is 0.0921 e. The van der Waals surface area contributed by atoms with E-state index in [2.05, 4.69) is 54.0 Å². The molecule has 1 heteroatoms. The normalized spacial score (nSPS) is 12.6. The molecule has 0 N–H and O–H groups in total. The van der Waals surface area contributed by atoms with Crippen LogP contribution in [0, 0.1) is 6.92 Å². The summed E-state index contributed by atoms with van der Waals surface area (Å²) in [5, 5.41) is 1.09. The molecule has 0 saturated heterocycles. The Morgan fingerprint density at radius 2 is 1.68 bits per heavy atom. The first-order valence-electron chi connectivity index (χ1n) is 7.90. The predicted octanol–water partition coefficient (Wildman–Crippen LogP) is 6.61. The Bertz CT molecular complexity index is 332. The summed E-state index contributed by atoms with van der Waals surface area (Å²) in [4.78, 5) is 0. The third-order valence-corrected chi connectivity index (χ3v) is 4.64. The van der Waals surface area contributed by atoms with Gasteiger partial charge in [-0.05, 0) is 24.8 Å². The van der Waals surface area contributed by atoms with E-state index in [0.29, 0.717) is 5.92 Å². The molecule has 0 spiro atoms. The highest BCUT2D eigenvalue weighted by Gasteiger charge is 2.09. The number of hydrogen-bond acceptors (Lipinski definition) is 0. The standard InChI is InChI=1S/C18H29Br/c1-3-4-5-6-7-8-9-12-18(15-19)17-13-10-11-16(2)14-17/h10-11,13-14,18H,3-9,12,15H2,1-2H3. The van der Waals surface area contributed by atoms with Crippen LogP contribution in [0.5, 0.6) is 0 Å². The molecule has 0 aliphatic heterocycles. The average molecular weight is 325 g/mol. The Morgan fingerprint density at radius 1 is 1.00 bits per heavy atom. The maximum Gasteiger partial charge on any atom is 0.0100 e. The molecule has 108 valence electrons. The van der Waals surface area contributed by atoms with Gasteiger partial charge in [-0.3, -0.25) is 0 Å². The summed E-state index contributed by atoms with van der Waals surface area (Å²) in [6, 6.07) is 8.99. The maximum absolute atomic E-state index is 3.68. The maximum atomic E-state index is 3.68. The number of benzene rings is 1. The van der Waals surface area contributed by atoms with Crippen LogP contribution in [-0.2, 0) is 0 Å². The van der Waals surface area contributed by atoms with E-state index in [1.807, 2.05) is 0 Å². The van der Waals surface area contributed by atoms with Crippen molar-refractivity contribution in [3.05, 3.63) is 35.4 Å². The molecule has 0 aliphatic carbocycles. The third kappa shape index (κ3) is 7.15. The van der Waals surface area contributed by atoms with E-state index in [-0.39, 0.29) is 0 Å². The highest BCUT2D eigenvalue weighted by molar-refractivity contribution is 9.09. The van der Waals surface area contributed by atoms with Crippen LogP contribution in [0.1, 0.15) is 75.3 Å². The van der Waals surface area contributed by atoms with Gasteiger partial charge in [0.2, 0.25) is 0 Å². The molecule has 0 saturated carbocycles. The second-order valence-electron chi connectivity index (χ2n) is 5.68. The molecule has 0 nitrogen and oxygen atoms in total. The third-order valence-electron chi connectivity index (χ3n) is 3.86.